The Morgan fingerprint density at radius 3 is 2.61 bits per heavy atom. The Morgan fingerprint density at radius 2 is 1.96 bits per heavy atom. The first-order chi connectivity index (χ1) is 13.5. The number of nitrogens with one attached hydrogen (secondary N) is 2. The zero-order valence-electron chi connectivity index (χ0n) is 17.1. The van der Waals surface area contributed by atoms with Crippen molar-refractivity contribution in [2.45, 2.75) is 32.3 Å². The van der Waals surface area contributed by atoms with Crippen LogP contribution in [0.3, 0.4) is 0 Å². The average molecular weight is 406 g/mol. The van der Waals surface area contributed by atoms with Gasteiger partial charge in [-0.15, -0.1) is 11.3 Å². The van der Waals surface area contributed by atoms with Gasteiger partial charge in [0.25, 0.3) is 0 Å². The van der Waals surface area contributed by atoms with Crippen LogP contribution in [0, 0.1) is 0 Å². The fourth-order valence-corrected chi connectivity index (χ4v) is 3.55. The number of hydrogen-bond donors (Lipinski definition) is 3. The topological polar surface area (TPSA) is 75.1 Å². The van der Waals surface area contributed by atoms with E-state index in [-0.39, 0.29) is 0 Å². The summed E-state index contributed by atoms with van der Waals surface area (Å²) in [6, 6.07) is 9.87. The predicted molar refractivity (Wildman–Crippen MR) is 116 cm³/mol. The van der Waals surface area contributed by atoms with E-state index in [1.807, 2.05) is 36.6 Å². The number of rotatable bonds is 10. The van der Waals surface area contributed by atoms with Gasteiger partial charge >= 0.3 is 0 Å². The molecule has 1 unspecified atom stereocenters. The standard InChI is InChI=1S/C21H31N3O3S/c1-5-22-20(24-15-21(2,25)19-9-7-13-28-19)23-12-6-8-16-10-11-17(26-3)18(14-16)27-4/h7,9-11,13-14,25H,5-6,8,12,15H2,1-4H3,(H2,22,23,24). The maximum Gasteiger partial charge on any atom is 0.191 e. The van der Waals surface area contributed by atoms with Crippen LogP contribution in [0.5, 0.6) is 11.5 Å². The third-order valence-electron chi connectivity index (χ3n) is 4.32. The monoisotopic (exact) mass is 405 g/mol. The number of hydrogen-bond acceptors (Lipinski definition) is 5. The maximum atomic E-state index is 10.6. The number of aliphatic hydroxyl groups is 1. The van der Waals surface area contributed by atoms with Crippen LogP contribution in [0.1, 0.15) is 30.7 Å². The van der Waals surface area contributed by atoms with Crippen molar-refractivity contribution in [3.63, 3.8) is 0 Å². The van der Waals surface area contributed by atoms with E-state index in [1.165, 1.54) is 5.56 Å². The van der Waals surface area contributed by atoms with Crippen molar-refractivity contribution in [1.29, 1.82) is 0 Å². The van der Waals surface area contributed by atoms with E-state index >= 15 is 0 Å². The Hall–Kier alpha value is -2.25. The highest BCUT2D eigenvalue weighted by molar-refractivity contribution is 7.10. The smallest absolute Gasteiger partial charge is 0.191 e. The lowest BCUT2D eigenvalue weighted by molar-refractivity contribution is 0.0711. The molecule has 0 bridgehead atoms. The summed E-state index contributed by atoms with van der Waals surface area (Å²) in [5.41, 5.74) is 0.234. The van der Waals surface area contributed by atoms with Crippen LogP contribution in [0.4, 0.5) is 0 Å². The molecule has 2 aromatic rings. The highest BCUT2D eigenvalue weighted by Gasteiger charge is 2.23. The molecular formula is C21H31N3O3S. The molecule has 0 saturated heterocycles. The van der Waals surface area contributed by atoms with Crippen LogP contribution in [0.15, 0.2) is 40.7 Å². The fraction of sp³-hybridized carbons (Fsp3) is 0.476. The summed E-state index contributed by atoms with van der Waals surface area (Å²) in [6.07, 6.45) is 1.86. The summed E-state index contributed by atoms with van der Waals surface area (Å²) < 4.78 is 10.6. The molecule has 154 valence electrons. The van der Waals surface area contributed by atoms with E-state index < -0.39 is 5.60 Å². The van der Waals surface area contributed by atoms with Crippen LogP contribution in [-0.2, 0) is 12.0 Å². The number of methoxy groups -OCH3 is 2. The second kappa shape index (κ2) is 10.9. The van der Waals surface area contributed by atoms with Gasteiger partial charge in [0, 0.05) is 18.0 Å². The van der Waals surface area contributed by atoms with Gasteiger partial charge in [-0.05, 0) is 55.8 Å². The Balaban J connectivity index is 1.86. The van der Waals surface area contributed by atoms with E-state index in [4.69, 9.17) is 9.47 Å². The van der Waals surface area contributed by atoms with Gasteiger partial charge in [0.15, 0.2) is 17.5 Å². The molecule has 0 amide bonds. The van der Waals surface area contributed by atoms with Gasteiger partial charge in [-0.1, -0.05) is 12.1 Å². The third-order valence-corrected chi connectivity index (χ3v) is 5.45. The first-order valence-electron chi connectivity index (χ1n) is 9.49. The van der Waals surface area contributed by atoms with Gasteiger partial charge < -0.3 is 25.2 Å². The summed E-state index contributed by atoms with van der Waals surface area (Å²) in [6.45, 7) is 5.67. The zero-order valence-corrected chi connectivity index (χ0v) is 17.9. The van der Waals surface area contributed by atoms with Gasteiger partial charge in [0.05, 0.1) is 20.8 Å². The lowest BCUT2D eigenvalue weighted by Gasteiger charge is -2.20. The molecule has 0 aliphatic carbocycles. The van der Waals surface area contributed by atoms with Crippen LogP contribution in [0.25, 0.3) is 0 Å². The minimum atomic E-state index is -0.962. The molecular weight excluding hydrogens is 374 g/mol. The minimum Gasteiger partial charge on any atom is -0.493 e. The van der Waals surface area contributed by atoms with E-state index in [1.54, 1.807) is 32.5 Å². The number of aliphatic imine (C=N–C) groups is 1. The van der Waals surface area contributed by atoms with Gasteiger partial charge in [-0.25, -0.2) is 4.99 Å². The first kappa shape index (κ1) is 22.0. The molecule has 28 heavy (non-hydrogen) atoms. The van der Waals surface area contributed by atoms with Gasteiger partial charge in [0.2, 0.25) is 0 Å². The number of aryl methyl sites for hydroxylation is 1. The average Bonchev–Trinajstić information content (AvgIpc) is 3.25. The van der Waals surface area contributed by atoms with Crippen molar-refractivity contribution in [3.05, 3.63) is 46.2 Å². The number of guanidine groups is 1. The highest BCUT2D eigenvalue weighted by Crippen LogP contribution is 2.28. The Bertz CT molecular complexity index is 745. The normalized spacial score (nSPS) is 13.7. The molecule has 0 spiro atoms. The van der Waals surface area contributed by atoms with E-state index in [2.05, 4.69) is 21.7 Å². The number of ether oxygens (including phenoxy) is 2. The molecule has 1 heterocycles. The molecule has 0 saturated carbocycles. The molecule has 1 aromatic carbocycles. The van der Waals surface area contributed by atoms with Crippen molar-refractivity contribution in [3.8, 4) is 11.5 Å². The van der Waals surface area contributed by atoms with Crippen LogP contribution in [-0.4, -0.2) is 44.9 Å². The van der Waals surface area contributed by atoms with Crippen molar-refractivity contribution in [1.82, 2.24) is 10.6 Å². The summed E-state index contributed by atoms with van der Waals surface area (Å²) in [5.74, 6) is 2.20. The molecule has 7 heteroatoms. The molecule has 2 rings (SSSR count). The molecule has 0 fully saturated rings. The number of nitrogens with zero attached hydrogens (tertiary/aromatic N) is 1. The van der Waals surface area contributed by atoms with Crippen LogP contribution < -0.4 is 20.1 Å². The molecule has 1 atom stereocenters. The summed E-state index contributed by atoms with van der Waals surface area (Å²) in [7, 11) is 3.28. The molecule has 0 aliphatic rings. The molecule has 1 aromatic heterocycles. The van der Waals surface area contributed by atoms with Crippen molar-refractivity contribution >= 4 is 17.3 Å². The van der Waals surface area contributed by atoms with Crippen molar-refractivity contribution < 1.29 is 14.6 Å². The Morgan fingerprint density at radius 1 is 1.18 bits per heavy atom. The molecule has 0 aliphatic heterocycles. The largest absolute Gasteiger partial charge is 0.493 e. The summed E-state index contributed by atoms with van der Waals surface area (Å²) in [4.78, 5) is 5.47. The Labute approximate surface area is 171 Å². The molecule has 6 nitrogen and oxygen atoms in total. The summed E-state index contributed by atoms with van der Waals surface area (Å²) >= 11 is 1.54. The predicted octanol–water partition coefficient (Wildman–Crippen LogP) is 3.16. The lowest BCUT2D eigenvalue weighted by Crippen LogP contribution is -2.39. The molecule has 3 N–H and O–H groups in total. The van der Waals surface area contributed by atoms with Gasteiger partial charge in [-0.2, -0.15) is 0 Å². The third kappa shape index (κ3) is 6.42. The number of benzene rings is 1. The second-order valence-corrected chi connectivity index (χ2v) is 7.61. The lowest BCUT2D eigenvalue weighted by atomic mass is 10.1. The van der Waals surface area contributed by atoms with Gasteiger partial charge in [0.1, 0.15) is 5.60 Å². The number of thiophene rings is 1. The van der Waals surface area contributed by atoms with E-state index in [0.29, 0.717) is 12.5 Å². The highest BCUT2D eigenvalue weighted by atomic mass is 32.1. The quantitative estimate of drug-likeness (QED) is 0.322. The summed E-state index contributed by atoms with van der Waals surface area (Å²) in [5, 5.41) is 19.2. The van der Waals surface area contributed by atoms with Gasteiger partial charge in [-0.3, -0.25) is 0 Å². The van der Waals surface area contributed by atoms with E-state index in [0.717, 1.165) is 42.3 Å². The van der Waals surface area contributed by atoms with Crippen molar-refractivity contribution in [2.24, 2.45) is 4.99 Å². The van der Waals surface area contributed by atoms with Crippen LogP contribution >= 0.6 is 11.3 Å². The second-order valence-electron chi connectivity index (χ2n) is 6.67. The van der Waals surface area contributed by atoms with Crippen LogP contribution in [0.2, 0.25) is 0 Å². The Kier molecular flexibility index (Phi) is 8.60. The van der Waals surface area contributed by atoms with E-state index in [9.17, 15) is 5.11 Å². The molecule has 0 radical (unpaired) electrons. The SMILES string of the molecule is CCNC(=NCC(C)(O)c1cccs1)NCCCc1ccc(OC)c(OC)c1. The first-order valence-corrected chi connectivity index (χ1v) is 10.4. The van der Waals surface area contributed by atoms with Crippen molar-refractivity contribution in [2.75, 3.05) is 33.9 Å². The zero-order chi connectivity index (χ0) is 20.4. The minimum absolute atomic E-state index is 0.304. The fourth-order valence-electron chi connectivity index (χ4n) is 2.77. The maximum absolute atomic E-state index is 10.6.